The van der Waals surface area contributed by atoms with Crippen molar-refractivity contribution in [1.29, 1.82) is 0 Å². The van der Waals surface area contributed by atoms with Crippen molar-refractivity contribution < 1.29 is 5.11 Å². The molecule has 1 aromatic carbocycles. The molecule has 0 bridgehead atoms. The summed E-state index contributed by atoms with van der Waals surface area (Å²) < 4.78 is 0. The van der Waals surface area contributed by atoms with Gasteiger partial charge in [0.1, 0.15) is 0 Å². The van der Waals surface area contributed by atoms with Gasteiger partial charge in [0.2, 0.25) is 0 Å². The molecule has 0 aliphatic rings. The summed E-state index contributed by atoms with van der Waals surface area (Å²) in [7, 11) is 0. The number of hydrogen-bond donors (Lipinski definition) is 2. The molecule has 0 amide bonds. The average Bonchev–Trinajstić information content (AvgIpc) is 2.34. The van der Waals surface area contributed by atoms with Gasteiger partial charge in [-0.3, -0.25) is 0 Å². The number of benzene rings is 1. The molecule has 1 rings (SSSR count). The van der Waals surface area contributed by atoms with E-state index in [4.69, 9.17) is 5.11 Å². The van der Waals surface area contributed by atoms with E-state index in [-0.39, 0.29) is 0 Å². The van der Waals surface area contributed by atoms with Crippen LogP contribution in [0.3, 0.4) is 0 Å². The topological polar surface area (TPSA) is 32.3 Å². The predicted octanol–water partition coefficient (Wildman–Crippen LogP) is 3.11. The van der Waals surface area contributed by atoms with E-state index in [1.54, 1.807) is 0 Å². The molecular formula is C16H27NO. The minimum Gasteiger partial charge on any atom is -0.396 e. The molecule has 0 saturated heterocycles. The molecule has 0 spiro atoms. The largest absolute Gasteiger partial charge is 0.396 e. The Kier molecular flexibility index (Phi) is 6.37. The second kappa shape index (κ2) is 7.55. The first-order chi connectivity index (χ1) is 8.58. The normalized spacial score (nSPS) is 12.7. The van der Waals surface area contributed by atoms with Gasteiger partial charge in [-0.1, -0.05) is 25.5 Å². The van der Waals surface area contributed by atoms with Crippen molar-refractivity contribution in [2.45, 2.75) is 47.1 Å². The van der Waals surface area contributed by atoms with Gasteiger partial charge in [0.25, 0.3) is 0 Å². The second-order valence-electron chi connectivity index (χ2n) is 5.28. The van der Waals surface area contributed by atoms with Crippen LogP contribution in [0.5, 0.6) is 0 Å². The highest BCUT2D eigenvalue weighted by molar-refractivity contribution is 5.36. The monoisotopic (exact) mass is 249 g/mol. The van der Waals surface area contributed by atoms with Crippen molar-refractivity contribution in [3.8, 4) is 0 Å². The maximum absolute atomic E-state index is 8.97. The first-order valence-electron chi connectivity index (χ1n) is 6.96. The summed E-state index contributed by atoms with van der Waals surface area (Å²) in [5, 5.41) is 12.5. The quantitative estimate of drug-likeness (QED) is 0.778. The van der Waals surface area contributed by atoms with Gasteiger partial charge in [0.15, 0.2) is 0 Å². The van der Waals surface area contributed by atoms with Crippen LogP contribution in [-0.2, 0) is 6.54 Å². The Morgan fingerprint density at radius 1 is 1.11 bits per heavy atom. The molecule has 1 atom stereocenters. The summed E-state index contributed by atoms with van der Waals surface area (Å²) in [6.45, 7) is 10.9. The Bertz CT molecular complexity index is 374. The minimum atomic E-state index is 0.294. The molecule has 0 aliphatic carbocycles. The van der Waals surface area contributed by atoms with E-state index >= 15 is 0 Å². The molecule has 1 aromatic rings. The summed E-state index contributed by atoms with van der Waals surface area (Å²) in [4.78, 5) is 0. The number of rotatable bonds is 7. The van der Waals surface area contributed by atoms with Gasteiger partial charge < -0.3 is 10.4 Å². The van der Waals surface area contributed by atoms with Gasteiger partial charge in [-0.05, 0) is 61.9 Å². The first-order valence-corrected chi connectivity index (χ1v) is 6.96. The van der Waals surface area contributed by atoms with E-state index in [0.29, 0.717) is 12.5 Å². The Morgan fingerprint density at radius 2 is 1.78 bits per heavy atom. The third kappa shape index (κ3) is 4.43. The van der Waals surface area contributed by atoms with Crippen LogP contribution in [0.4, 0.5) is 0 Å². The van der Waals surface area contributed by atoms with Crippen LogP contribution in [0.2, 0.25) is 0 Å². The maximum Gasteiger partial charge on any atom is 0.0434 e. The molecule has 2 N–H and O–H groups in total. The fourth-order valence-electron chi connectivity index (χ4n) is 2.25. The standard InChI is InChI=1S/C16H27NO/c1-5-15(6-7-18)10-17-11-16-9-13(3)12(2)8-14(16)4/h8-9,15,17-18H,5-7,10-11H2,1-4H3. The zero-order valence-electron chi connectivity index (χ0n) is 12.2. The zero-order chi connectivity index (χ0) is 13.5. The van der Waals surface area contributed by atoms with Gasteiger partial charge in [-0.15, -0.1) is 0 Å². The van der Waals surface area contributed by atoms with Crippen LogP contribution in [0, 0.1) is 26.7 Å². The third-order valence-corrected chi connectivity index (χ3v) is 3.82. The molecule has 1 unspecified atom stereocenters. The SMILES string of the molecule is CCC(CCO)CNCc1cc(C)c(C)cc1C. The van der Waals surface area contributed by atoms with Gasteiger partial charge >= 0.3 is 0 Å². The number of aryl methyl sites for hydroxylation is 3. The molecule has 0 radical (unpaired) electrons. The van der Waals surface area contributed by atoms with E-state index < -0.39 is 0 Å². The molecule has 0 fully saturated rings. The fourth-order valence-corrected chi connectivity index (χ4v) is 2.25. The van der Waals surface area contributed by atoms with Crippen molar-refractivity contribution >= 4 is 0 Å². The van der Waals surface area contributed by atoms with Gasteiger partial charge in [0, 0.05) is 13.2 Å². The average molecular weight is 249 g/mol. The van der Waals surface area contributed by atoms with Crippen molar-refractivity contribution in [2.75, 3.05) is 13.2 Å². The van der Waals surface area contributed by atoms with Crippen LogP contribution < -0.4 is 5.32 Å². The Balaban J connectivity index is 2.51. The number of nitrogens with one attached hydrogen (secondary N) is 1. The molecule has 18 heavy (non-hydrogen) atoms. The highest BCUT2D eigenvalue weighted by Gasteiger charge is 2.06. The predicted molar refractivity (Wildman–Crippen MR) is 77.8 cm³/mol. The van der Waals surface area contributed by atoms with Crippen LogP contribution in [0.15, 0.2) is 12.1 Å². The Labute approximate surface area is 111 Å². The highest BCUT2D eigenvalue weighted by Crippen LogP contribution is 2.15. The number of hydrogen-bond acceptors (Lipinski definition) is 2. The molecule has 0 saturated carbocycles. The van der Waals surface area contributed by atoms with Crippen molar-refractivity contribution in [2.24, 2.45) is 5.92 Å². The van der Waals surface area contributed by atoms with Crippen LogP contribution >= 0.6 is 0 Å². The number of aliphatic hydroxyl groups is 1. The number of aliphatic hydroxyl groups excluding tert-OH is 1. The molecule has 0 aliphatic heterocycles. The maximum atomic E-state index is 8.97. The van der Waals surface area contributed by atoms with Gasteiger partial charge in [-0.2, -0.15) is 0 Å². The van der Waals surface area contributed by atoms with Gasteiger partial charge in [0.05, 0.1) is 0 Å². The van der Waals surface area contributed by atoms with Crippen molar-refractivity contribution in [3.63, 3.8) is 0 Å². The summed E-state index contributed by atoms with van der Waals surface area (Å²) in [6, 6.07) is 4.54. The highest BCUT2D eigenvalue weighted by atomic mass is 16.3. The lowest BCUT2D eigenvalue weighted by Crippen LogP contribution is -2.23. The molecular weight excluding hydrogens is 222 g/mol. The summed E-state index contributed by atoms with van der Waals surface area (Å²) >= 11 is 0. The van der Waals surface area contributed by atoms with E-state index in [2.05, 4.69) is 45.1 Å². The molecule has 2 heteroatoms. The van der Waals surface area contributed by atoms with Crippen LogP contribution in [0.1, 0.15) is 42.0 Å². The van der Waals surface area contributed by atoms with E-state index in [0.717, 1.165) is 25.9 Å². The lowest BCUT2D eigenvalue weighted by Gasteiger charge is -2.16. The second-order valence-corrected chi connectivity index (χ2v) is 5.28. The summed E-state index contributed by atoms with van der Waals surface area (Å²) in [6.07, 6.45) is 2.02. The van der Waals surface area contributed by atoms with E-state index in [1.165, 1.54) is 22.3 Å². The summed E-state index contributed by atoms with van der Waals surface area (Å²) in [5.41, 5.74) is 5.47. The lowest BCUT2D eigenvalue weighted by atomic mass is 10.00. The lowest BCUT2D eigenvalue weighted by molar-refractivity contribution is 0.251. The zero-order valence-corrected chi connectivity index (χ0v) is 12.2. The molecule has 0 heterocycles. The minimum absolute atomic E-state index is 0.294. The summed E-state index contributed by atoms with van der Waals surface area (Å²) in [5.74, 6) is 0.585. The third-order valence-electron chi connectivity index (χ3n) is 3.82. The van der Waals surface area contributed by atoms with Gasteiger partial charge in [-0.25, -0.2) is 0 Å². The van der Waals surface area contributed by atoms with Crippen molar-refractivity contribution in [3.05, 3.63) is 34.4 Å². The smallest absolute Gasteiger partial charge is 0.0434 e. The first kappa shape index (κ1) is 15.2. The molecule has 102 valence electrons. The van der Waals surface area contributed by atoms with Crippen molar-refractivity contribution in [1.82, 2.24) is 5.32 Å². The Morgan fingerprint density at radius 3 is 2.39 bits per heavy atom. The fraction of sp³-hybridized carbons (Fsp3) is 0.625. The Hall–Kier alpha value is -0.860. The van der Waals surface area contributed by atoms with E-state index in [1.807, 2.05) is 0 Å². The van der Waals surface area contributed by atoms with E-state index in [9.17, 15) is 0 Å². The molecule has 0 aromatic heterocycles. The molecule has 2 nitrogen and oxygen atoms in total. The van der Waals surface area contributed by atoms with Crippen LogP contribution in [0.25, 0.3) is 0 Å². The van der Waals surface area contributed by atoms with Crippen LogP contribution in [-0.4, -0.2) is 18.3 Å².